The van der Waals surface area contributed by atoms with Crippen molar-refractivity contribution in [3.8, 4) is 17.2 Å². The molecule has 0 radical (unpaired) electrons. The number of phenolic OH excluding ortho intramolecular Hbond substituents is 1. The smallest absolute Gasteiger partial charge is 0.340 e. The fraction of sp³-hybridized carbons (Fsp3) is 0.0714. The summed E-state index contributed by atoms with van der Waals surface area (Å²) in [4.78, 5) is 1.25. The van der Waals surface area contributed by atoms with E-state index in [2.05, 4.69) is 30.6 Å². The second kappa shape index (κ2) is 8.36. The van der Waals surface area contributed by atoms with Crippen molar-refractivity contribution in [2.24, 2.45) is 0 Å². The van der Waals surface area contributed by atoms with Crippen LogP contribution < -0.4 is 26.3 Å². The molecule has 6 rings (SSSR count). The summed E-state index contributed by atoms with van der Waals surface area (Å²) >= 11 is 9.04. The fourth-order valence-corrected chi connectivity index (χ4v) is 5.25. The van der Waals surface area contributed by atoms with Crippen molar-refractivity contribution in [2.45, 2.75) is 22.1 Å². The van der Waals surface area contributed by atoms with Gasteiger partial charge in [-0.1, -0.05) is 48.5 Å². The van der Waals surface area contributed by atoms with Crippen LogP contribution in [0.15, 0.2) is 88.7 Å². The minimum atomic E-state index is -1.43. The van der Waals surface area contributed by atoms with Gasteiger partial charge in [0, 0.05) is 31.8 Å². The zero-order chi connectivity index (χ0) is 25.0. The Morgan fingerprint density at radius 3 is 2.53 bits per heavy atom. The number of aromatic hydroxyl groups is 1. The maximum atomic E-state index is 10.6. The molecular weight excluding hydrogens is 490 g/mol. The van der Waals surface area contributed by atoms with E-state index in [0.29, 0.717) is 43.6 Å². The molecule has 8 heteroatoms. The Labute approximate surface area is 218 Å². The Morgan fingerprint density at radius 2 is 1.69 bits per heavy atom. The van der Waals surface area contributed by atoms with Gasteiger partial charge in [-0.3, -0.25) is 0 Å². The molecule has 0 aliphatic carbocycles. The number of benzene rings is 5. The van der Waals surface area contributed by atoms with Crippen molar-refractivity contribution in [1.29, 1.82) is 0 Å². The third-order valence-corrected chi connectivity index (χ3v) is 7.01. The fourth-order valence-electron chi connectivity index (χ4n) is 4.73. The number of nitrogens with one attached hydrogen (secondary N) is 1. The predicted octanol–water partition coefficient (Wildman–Crippen LogP) is 6.22. The summed E-state index contributed by atoms with van der Waals surface area (Å²) in [5.41, 5.74) is 15.1. The van der Waals surface area contributed by atoms with Crippen LogP contribution in [0.1, 0.15) is 5.56 Å². The highest BCUT2D eigenvalue weighted by atomic mass is 32.1. The molecule has 0 fully saturated rings. The summed E-state index contributed by atoms with van der Waals surface area (Å²) in [6.07, 6.45) is 0.172. The molecule has 5 aromatic carbocycles. The molecule has 36 heavy (non-hydrogen) atoms. The molecule has 1 aliphatic heterocycles. The van der Waals surface area contributed by atoms with Gasteiger partial charge in [-0.25, -0.2) is 0 Å². The maximum absolute atomic E-state index is 10.6. The minimum absolute atomic E-state index is 0.131. The Balaban J connectivity index is 1.54. The first-order valence-corrected chi connectivity index (χ1v) is 12.2. The van der Waals surface area contributed by atoms with Crippen molar-refractivity contribution in [1.82, 2.24) is 0 Å². The van der Waals surface area contributed by atoms with Gasteiger partial charge in [-0.15, -0.1) is 25.3 Å². The molecule has 1 atom stereocenters. The first-order valence-electron chi connectivity index (χ1n) is 11.3. The third-order valence-electron chi connectivity index (χ3n) is 6.39. The van der Waals surface area contributed by atoms with Gasteiger partial charge in [0.05, 0.1) is 17.8 Å². The second-order valence-corrected chi connectivity index (χ2v) is 9.82. The van der Waals surface area contributed by atoms with Crippen LogP contribution in [-0.4, -0.2) is 11.0 Å². The average molecular weight is 514 g/mol. The number of fused-ring (bicyclic) bond motifs is 4. The Kier molecular flexibility index (Phi) is 5.24. The van der Waals surface area contributed by atoms with Crippen LogP contribution in [0.3, 0.4) is 0 Å². The van der Waals surface area contributed by atoms with E-state index in [1.807, 2.05) is 60.7 Å². The molecule has 1 unspecified atom stereocenters. The molecule has 5 aromatic rings. The van der Waals surface area contributed by atoms with Crippen LogP contribution in [0.25, 0.3) is 21.5 Å². The number of nitrogens with two attached hydrogens (primary N) is 2. The lowest BCUT2D eigenvalue weighted by atomic mass is 10.1. The van der Waals surface area contributed by atoms with E-state index < -0.39 is 5.91 Å². The summed E-state index contributed by atoms with van der Waals surface area (Å²) in [6, 6.07) is 24.4. The van der Waals surface area contributed by atoms with E-state index in [9.17, 15) is 5.11 Å². The molecule has 0 bridgehead atoms. The van der Waals surface area contributed by atoms with Crippen LogP contribution in [0.5, 0.6) is 17.2 Å². The molecule has 0 saturated heterocycles. The van der Waals surface area contributed by atoms with Gasteiger partial charge in [0.25, 0.3) is 0 Å². The Hall–Kier alpha value is -3.88. The van der Waals surface area contributed by atoms with Gasteiger partial charge in [-0.05, 0) is 41.1 Å². The lowest BCUT2D eigenvalue weighted by Crippen LogP contribution is -2.48. The van der Waals surface area contributed by atoms with Gasteiger partial charge in [0.1, 0.15) is 11.5 Å². The van der Waals surface area contributed by atoms with E-state index in [0.717, 1.165) is 21.8 Å². The number of phenols is 1. The number of hydrogen-bond acceptors (Lipinski definition) is 8. The number of rotatable bonds is 4. The molecule has 0 aromatic heterocycles. The lowest BCUT2D eigenvalue weighted by molar-refractivity contribution is -0.0746. The summed E-state index contributed by atoms with van der Waals surface area (Å²) in [5.74, 6) is -0.338. The number of hydrogen-bond donors (Lipinski definition) is 6. The summed E-state index contributed by atoms with van der Waals surface area (Å²) in [5, 5.41) is 17.5. The highest BCUT2D eigenvalue weighted by Gasteiger charge is 2.44. The van der Waals surface area contributed by atoms with Crippen molar-refractivity contribution in [3.63, 3.8) is 0 Å². The van der Waals surface area contributed by atoms with Crippen molar-refractivity contribution >= 4 is 63.9 Å². The van der Waals surface area contributed by atoms with Gasteiger partial charge in [0.15, 0.2) is 5.75 Å². The SMILES string of the molecule is Nc1c(S)cc2cc(S)cc(N)c2c1OC1(Cc2ccccc2O)Nc2c(ccc3ccccc23)O1. The molecular formula is C28H23N3O3S2. The maximum Gasteiger partial charge on any atom is 0.340 e. The van der Waals surface area contributed by atoms with E-state index in [-0.39, 0.29) is 12.2 Å². The van der Waals surface area contributed by atoms with Crippen LogP contribution >= 0.6 is 25.3 Å². The zero-order valence-electron chi connectivity index (χ0n) is 19.0. The van der Waals surface area contributed by atoms with Gasteiger partial charge >= 0.3 is 5.91 Å². The Morgan fingerprint density at radius 1 is 0.917 bits per heavy atom. The summed E-state index contributed by atoms with van der Waals surface area (Å²) in [6.45, 7) is 0. The van der Waals surface area contributed by atoms with E-state index in [1.165, 1.54) is 0 Å². The number of ether oxygens (including phenoxy) is 2. The summed E-state index contributed by atoms with van der Waals surface area (Å²) in [7, 11) is 0. The van der Waals surface area contributed by atoms with Gasteiger partial charge < -0.3 is 31.4 Å². The van der Waals surface area contributed by atoms with Crippen LogP contribution in [0.4, 0.5) is 17.1 Å². The Bertz CT molecular complexity index is 1670. The number of nitrogen functional groups attached to an aromatic ring is 2. The van der Waals surface area contributed by atoms with E-state index >= 15 is 0 Å². The van der Waals surface area contributed by atoms with Crippen LogP contribution in [0, 0.1) is 0 Å². The molecule has 1 heterocycles. The number of thiol groups is 2. The first-order chi connectivity index (χ1) is 17.3. The number of para-hydroxylation sites is 1. The largest absolute Gasteiger partial charge is 0.508 e. The predicted molar refractivity (Wildman–Crippen MR) is 151 cm³/mol. The first kappa shape index (κ1) is 22.6. The van der Waals surface area contributed by atoms with Gasteiger partial charge in [-0.2, -0.15) is 0 Å². The third kappa shape index (κ3) is 3.70. The topological polar surface area (TPSA) is 103 Å². The molecule has 0 spiro atoms. The van der Waals surface area contributed by atoms with Crippen LogP contribution in [0.2, 0.25) is 0 Å². The van der Waals surface area contributed by atoms with Gasteiger partial charge in [0.2, 0.25) is 0 Å². The van der Waals surface area contributed by atoms with Crippen molar-refractivity contribution in [2.75, 3.05) is 16.8 Å². The molecule has 6 N–H and O–H groups in total. The van der Waals surface area contributed by atoms with E-state index in [4.69, 9.17) is 20.9 Å². The van der Waals surface area contributed by atoms with E-state index in [1.54, 1.807) is 18.2 Å². The minimum Gasteiger partial charge on any atom is -0.508 e. The molecule has 0 saturated carbocycles. The monoisotopic (exact) mass is 513 g/mol. The molecule has 180 valence electrons. The van der Waals surface area contributed by atoms with Crippen molar-refractivity contribution < 1.29 is 14.6 Å². The second-order valence-electron chi connectivity index (χ2n) is 8.82. The van der Waals surface area contributed by atoms with Crippen LogP contribution in [-0.2, 0) is 6.42 Å². The standard InChI is InChI=1S/C28H23N3O3S2/c29-20-13-18(35)11-17-12-23(36)25(30)27(24(17)20)34-28(14-16-6-2-4-8-21(16)32)31-26-19-7-3-1-5-15(19)9-10-22(26)33-28/h1-13,31-32,35-36H,14,29-30H2. The lowest BCUT2D eigenvalue weighted by Gasteiger charge is -2.31. The molecule has 0 amide bonds. The number of anilines is 3. The highest BCUT2D eigenvalue weighted by molar-refractivity contribution is 7.80. The summed E-state index contributed by atoms with van der Waals surface area (Å²) < 4.78 is 13.2. The van der Waals surface area contributed by atoms with Crippen molar-refractivity contribution in [3.05, 3.63) is 84.4 Å². The molecule has 6 nitrogen and oxygen atoms in total. The quantitative estimate of drug-likeness (QED) is 0.126. The average Bonchev–Trinajstić information content (AvgIpc) is 3.22. The molecule has 1 aliphatic rings. The normalized spacial score (nSPS) is 16.5. The highest BCUT2D eigenvalue weighted by Crippen LogP contribution is 2.48. The zero-order valence-corrected chi connectivity index (χ0v) is 20.8.